The smallest absolute Gasteiger partial charge is 0.270 e. The fourth-order valence-corrected chi connectivity index (χ4v) is 2.97. The van der Waals surface area contributed by atoms with E-state index in [0.717, 1.165) is 18.5 Å². The topological polar surface area (TPSA) is 89.6 Å². The lowest BCUT2D eigenvalue weighted by atomic mass is 9.86. The maximum atomic E-state index is 12.1. The molecule has 2 aromatic heterocycles. The quantitative estimate of drug-likeness (QED) is 0.849. The molecule has 0 radical (unpaired) electrons. The summed E-state index contributed by atoms with van der Waals surface area (Å²) >= 11 is 0. The largest absolute Gasteiger partial charge is 0.336 e. The van der Waals surface area contributed by atoms with Crippen molar-refractivity contribution in [2.45, 2.75) is 38.0 Å². The number of aromatic nitrogens is 3. The Bertz CT molecular complexity index is 746. The van der Waals surface area contributed by atoms with E-state index in [9.17, 15) is 4.79 Å². The molecular formula is C15H17N5O. The summed E-state index contributed by atoms with van der Waals surface area (Å²) in [5.74, 6) is 6.25. The zero-order valence-corrected chi connectivity index (χ0v) is 11.7. The molecule has 1 saturated carbocycles. The Balaban J connectivity index is 2.04. The summed E-state index contributed by atoms with van der Waals surface area (Å²) < 4.78 is 2.94. The Morgan fingerprint density at radius 2 is 2.05 bits per heavy atom. The van der Waals surface area contributed by atoms with Crippen LogP contribution in [0.3, 0.4) is 0 Å². The molecule has 2 heterocycles. The second-order valence-electron chi connectivity index (χ2n) is 5.46. The number of pyridine rings is 1. The van der Waals surface area contributed by atoms with Crippen LogP contribution in [-0.4, -0.2) is 14.2 Å². The summed E-state index contributed by atoms with van der Waals surface area (Å²) in [5.41, 5.74) is 1.66. The third-order valence-electron chi connectivity index (χ3n) is 4.10. The van der Waals surface area contributed by atoms with Gasteiger partial charge in [0, 0.05) is 23.9 Å². The summed E-state index contributed by atoms with van der Waals surface area (Å²) in [6.07, 6.45) is 8.87. The summed E-state index contributed by atoms with van der Waals surface area (Å²) in [6, 6.07) is 5.38. The van der Waals surface area contributed by atoms with Crippen molar-refractivity contribution in [1.82, 2.24) is 14.2 Å². The van der Waals surface area contributed by atoms with Crippen molar-refractivity contribution in [1.29, 1.82) is 5.26 Å². The Labute approximate surface area is 122 Å². The fraction of sp³-hybridized carbons (Fsp3) is 0.400. The molecule has 0 amide bonds. The molecular weight excluding hydrogens is 266 g/mol. The van der Waals surface area contributed by atoms with E-state index in [4.69, 9.17) is 11.1 Å². The zero-order valence-electron chi connectivity index (χ0n) is 11.7. The molecule has 1 fully saturated rings. The molecule has 0 atom stereocenters. The van der Waals surface area contributed by atoms with Crippen molar-refractivity contribution in [2.75, 3.05) is 5.84 Å². The van der Waals surface area contributed by atoms with Crippen LogP contribution in [0.1, 0.15) is 49.4 Å². The lowest BCUT2D eigenvalue weighted by Crippen LogP contribution is -2.32. The van der Waals surface area contributed by atoms with Gasteiger partial charge in [-0.25, -0.2) is 9.66 Å². The normalized spacial score (nSPS) is 15.8. The van der Waals surface area contributed by atoms with E-state index < -0.39 is 0 Å². The summed E-state index contributed by atoms with van der Waals surface area (Å²) in [7, 11) is 0. The highest BCUT2D eigenvalue weighted by molar-refractivity contribution is 5.36. The highest BCUT2D eigenvalue weighted by Crippen LogP contribution is 2.32. The standard InChI is InChI=1S/C15H17N5O/c16-8-12-9-19(10-18-12)13-6-14(20(17)15(21)7-13)11-4-2-1-3-5-11/h6-7,9-11H,1-5,17H2. The average Bonchev–Trinajstić information content (AvgIpc) is 3.00. The van der Waals surface area contributed by atoms with Gasteiger partial charge in [-0.2, -0.15) is 5.26 Å². The molecule has 0 saturated heterocycles. The van der Waals surface area contributed by atoms with Gasteiger partial charge in [0.05, 0.1) is 5.69 Å². The van der Waals surface area contributed by atoms with Crippen LogP contribution in [0.4, 0.5) is 0 Å². The molecule has 0 bridgehead atoms. The molecule has 2 N–H and O–H groups in total. The second-order valence-corrected chi connectivity index (χ2v) is 5.46. The van der Waals surface area contributed by atoms with Crippen molar-refractivity contribution in [2.24, 2.45) is 0 Å². The molecule has 0 aliphatic heterocycles. The van der Waals surface area contributed by atoms with E-state index in [-0.39, 0.29) is 5.56 Å². The SMILES string of the molecule is N#Cc1cn(-c2cc(C3CCCCC3)n(N)c(=O)c2)cn1. The van der Waals surface area contributed by atoms with Crippen molar-refractivity contribution in [3.63, 3.8) is 0 Å². The number of rotatable bonds is 2. The number of nitrogens with two attached hydrogens (primary N) is 1. The van der Waals surface area contributed by atoms with Crippen LogP contribution in [-0.2, 0) is 0 Å². The van der Waals surface area contributed by atoms with Crippen molar-refractivity contribution < 1.29 is 0 Å². The minimum atomic E-state index is -0.236. The zero-order chi connectivity index (χ0) is 14.8. The van der Waals surface area contributed by atoms with E-state index in [1.165, 1.54) is 30.0 Å². The van der Waals surface area contributed by atoms with Gasteiger partial charge in [0.25, 0.3) is 5.56 Å². The first-order valence-corrected chi connectivity index (χ1v) is 7.15. The van der Waals surface area contributed by atoms with Crippen LogP contribution in [0.15, 0.2) is 29.5 Å². The third kappa shape index (κ3) is 2.55. The average molecular weight is 283 g/mol. The molecule has 3 rings (SSSR count). The van der Waals surface area contributed by atoms with Crippen LogP contribution < -0.4 is 11.4 Å². The minimum absolute atomic E-state index is 0.236. The van der Waals surface area contributed by atoms with Crippen LogP contribution in [0, 0.1) is 11.3 Å². The fourth-order valence-electron chi connectivity index (χ4n) is 2.97. The highest BCUT2D eigenvalue weighted by Gasteiger charge is 2.19. The monoisotopic (exact) mass is 283 g/mol. The molecule has 0 unspecified atom stereocenters. The number of hydrogen-bond donors (Lipinski definition) is 1. The number of nitriles is 1. The first kappa shape index (κ1) is 13.4. The van der Waals surface area contributed by atoms with E-state index in [1.807, 2.05) is 12.1 Å². The minimum Gasteiger partial charge on any atom is -0.336 e. The van der Waals surface area contributed by atoms with Gasteiger partial charge >= 0.3 is 0 Å². The van der Waals surface area contributed by atoms with Crippen molar-refractivity contribution in [3.05, 3.63) is 46.4 Å². The third-order valence-corrected chi connectivity index (χ3v) is 4.10. The van der Waals surface area contributed by atoms with Crippen molar-refractivity contribution >= 4 is 0 Å². The summed E-state index contributed by atoms with van der Waals surface area (Å²) in [6.45, 7) is 0. The van der Waals surface area contributed by atoms with Crippen molar-refractivity contribution in [3.8, 4) is 11.8 Å². The van der Waals surface area contributed by atoms with Gasteiger partial charge in [-0.15, -0.1) is 0 Å². The molecule has 21 heavy (non-hydrogen) atoms. The molecule has 1 aliphatic carbocycles. The molecule has 0 aromatic carbocycles. The Hall–Kier alpha value is -2.55. The highest BCUT2D eigenvalue weighted by atomic mass is 16.1. The van der Waals surface area contributed by atoms with Crippen LogP contribution in [0.25, 0.3) is 5.69 Å². The van der Waals surface area contributed by atoms with Gasteiger partial charge < -0.3 is 10.4 Å². The van der Waals surface area contributed by atoms with E-state index in [2.05, 4.69) is 4.98 Å². The summed E-state index contributed by atoms with van der Waals surface area (Å²) in [5, 5.41) is 8.84. The maximum absolute atomic E-state index is 12.1. The molecule has 6 nitrogen and oxygen atoms in total. The van der Waals surface area contributed by atoms with Crippen LogP contribution in [0.5, 0.6) is 0 Å². The summed E-state index contributed by atoms with van der Waals surface area (Å²) in [4.78, 5) is 16.1. The van der Waals surface area contributed by atoms with E-state index in [1.54, 1.807) is 17.1 Å². The number of hydrogen-bond acceptors (Lipinski definition) is 4. The molecule has 6 heteroatoms. The number of imidazole rings is 1. The first-order valence-electron chi connectivity index (χ1n) is 7.15. The van der Waals surface area contributed by atoms with Gasteiger partial charge in [0.1, 0.15) is 12.4 Å². The van der Waals surface area contributed by atoms with E-state index in [0.29, 0.717) is 17.3 Å². The first-order chi connectivity index (χ1) is 10.2. The molecule has 108 valence electrons. The van der Waals surface area contributed by atoms with E-state index >= 15 is 0 Å². The van der Waals surface area contributed by atoms with Crippen LogP contribution in [0.2, 0.25) is 0 Å². The van der Waals surface area contributed by atoms with Gasteiger partial charge in [-0.3, -0.25) is 4.79 Å². The maximum Gasteiger partial charge on any atom is 0.270 e. The Morgan fingerprint density at radius 1 is 1.29 bits per heavy atom. The molecule has 1 aliphatic rings. The number of nitrogen functional groups attached to an aromatic ring is 1. The number of nitrogens with zero attached hydrogens (tertiary/aromatic N) is 4. The van der Waals surface area contributed by atoms with Gasteiger partial charge in [0.2, 0.25) is 0 Å². The molecule has 0 spiro atoms. The predicted octanol–water partition coefficient (Wildman–Crippen LogP) is 1.67. The lowest BCUT2D eigenvalue weighted by Gasteiger charge is -2.24. The van der Waals surface area contributed by atoms with Gasteiger partial charge in [-0.05, 0) is 18.9 Å². The Morgan fingerprint density at radius 3 is 2.71 bits per heavy atom. The Kier molecular flexibility index (Phi) is 3.48. The second kappa shape index (κ2) is 5.44. The van der Waals surface area contributed by atoms with Gasteiger partial charge in [0.15, 0.2) is 5.69 Å². The predicted molar refractivity (Wildman–Crippen MR) is 78.5 cm³/mol. The van der Waals surface area contributed by atoms with Crippen LogP contribution >= 0.6 is 0 Å². The molecule has 2 aromatic rings. The lowest BCUT2D eigenvalue weighted by molar-refractivity contribution is 0.428. The van der Waals surface area contributed by atoms with Gasteiger partial charge in [-0.1, -0.05) is 19.3 Å².